The maximum Gasteiger partial charge on any atom is 0.260 e. The molecule has 2 aromatic rings. The van der Waals surface area contributed by atoms with E-state index >= 15 is 0 Å². The van der Waals surface area contributed by atoms with Crippen LogP contribution in [0, 0.1) is 18.7 Å². The van der Waals surface area contributed by atoms with Gasteiger partial charge in [-0.2, -0.15) is 0 Å². The van der Waals surface area contributed by atoms with Crippen LogP contribution in [0.1, 0.15) is 12.0 Å². The number of amides is 1. The molecule has 1 aliphatic carbocycles. The van der Waals surface area contributed by atoms with Crippen molar-refractivity contribution >= 4 is 11.6 Å². The highest BCUT2D eigenvalue weighted by atomic mass is 19.3. The number of rotatable bonds is 3. The van der Waals surface area contributed by atoms with Crippen molar-refractivity contribution in [3.8, 4) is 11.1 Å². The minimum absolute atomic E-state index is 0.401. The summed E-state index contributed by atoms with van der Waals surface area (Å²) in [4.78, 5) is 15.5. The van der Waals surface area contributed by atoms with Crippen LogP contribution in [-0.4, -0.2) is 16.8 Å². The van der Waals surface area contributed by atoms with E-state index in [1.54, 1.807) is 18.2 Å². The van der Waals surface area contributed by atoms with Crippen LogP contribution in [0.5, 0.6) is 0 Å². The zero-order valence-electron chi connectivity index (χ0n) is 11.7. The van der Waals surface area contributed by atoms with E-state index in [4.69, 9.17) is 0 Å². The summed E-state index contributed by atoms with van der Waals surface area (Å²) in [6.45, 7) is 1.83. The number of carbonyl (C=O) groups is 1. The molecule has 0 spiro atoms. The fourth-order valence-corrected chi connectivity index (χ4v) is 2.30. The molecule has 0 aliphatic heterocycles. The number of benzene rings is 1. The summed E-state index contributed by atoms with van der Waals surface area (Å²) < 4.78 is 39.1. The van der Waals surface area contributed by atoms with Gasteiger partial charge in [-0.15, -0.1) is 0 Å². The second-order valence-electron chi connectivity index (χ2n) is 5.43. The number of pyridine rings is 1. The standard InChI is InChI=1S/C16H13F3N2O/c1-9-2-3-12(21-15(22)14-6-16(14,18)19)5-13(9)10-4-11(17)8-20-7-10/h2-5,7-8,14H,6H2,1H3,(H,21,22)/t14-/m1/s1. The molecule has 1 aromatic carbocycles. The first-order valence-electron chi connectivity index (χ1n) is 6.77. The molecule has 3 rings (SSSR count). The zero-order chi connectivity index (χ0) is 15.9. The molecule has 22 heavy (non-hydrogen) atoms. The molecule has 0 bridgehead atoms. The molecule has 114 valence electrons. The highest BCUT2D eigenvalue weighted by Gasteiger charge is 2.61. The number of hydrogen-bond donors (Lipinski definition) is 1. The minimum Gasteiger partial charge on any atom is -0.326 e. The van der Waals surface area contributed by atoms with Crippen molar-refractivity contribution < 1.29 is 18.0 Å². The number of hydrogen-bond acceptors (Lipinski definition) is 2. The molecule has 1 aliphatic rings. The third-order valence-electron chi connectivity index (χ3n) is 3.66. The fourth-order valence-electron chi connectivity index (χ4n) is 2.30. The summed E-state index contributed by atoms with van der Waals surface area (Å²) >= 11 is 0. The lowest BCUT2D eigenvalue weighted by Gasteiger charge is -2.10. The molecule has 1 N–H and O–H groups in total. The molecule has 1 amide bonds. The van der Waals surface area contributed by atoms with Gasteiger partial charge >= 0.3 is 0 Å². The molecular formula is C16H13F3N2O. The van der Waals surface area contributed by atoms with E-state index in [2.05, 4.69) is 10.3 Å². The second-order valence-corrected chi connectivity index (χ2v) is 5.43. The van der Waals surface area contributed by atoms with Gasteiger partial charge in [-0.05, 0) is 36.2 Å². The molecule has 1 aromatic heterocycles. The lowest BCUT2D eigenvalue weighted by atomic mass is 10.0. The molecule has 1 atom stereocenters. The number of anilines is 1. The van der Waals surface area contributed by atoms with E-state index in [1.165, 1.54) is 12.3 Å². The van der Waals surface area contributed by atoms with Crippen molar-refractivity contribution in [3.63, 3.8) is 0 Å². The molecule has 0 saturated heterocycles. The van der Waals surface area contributed by atoms with Crippen LogP contribution in [0.25, 0.3) is 11.1 Å². The first kappa shape index (κ1) is 14.6. The van der Waals surface area contributed by atoms with Crippen LogP contribution in [0.3, 0.4) is 0 Å². The van der Waals surface area contributed by atoms with Gasteiger partial charge in [0.15, 0.2) is 0 Å². The van der Waals surface area contributed by atoms with Crippen molar-refractivity contribution in [1.82, 2.24) is 4.98 Å². The largest absolute Gasteiger partial charge is 0.326 e. The number of alkyl halides is 2. The summed E-state index contributed by atoms with van der Waals surface area (Å²) in [6, 6.07) is 6.32. The van der Waals surface area contributed by atoms with Crippen molar-refractivity contribution in [1.29, 1.82) is 0 Å². The second kappa shape index (κ2) is 5.12. The van der Waals surface area contributed by atoms with Gasteiger partial charge in [0.2, 0.25) is 5.91 Å². The maximum atomic E-state index is 13.3. The van der Waals surface area contributed by atoms with Gasteiger partial charge in [-0.25, -0.2) is 13.2 Å². The summed E-state index contributed by atoms with van der Waals surface area (Å²) in [7, 11) is 0. The Balaban J connectivity index is 1.86. The summed E-state index contributed by atoms with van der Waals surface area (Å²) in [5.41, 5.74) is 2.51. The summed E-state index contributed by atoms with van der Waals surface area (Å²) in [5.74, 6) is -5.32. The van der Waals surface area contributed by atoms with Crippen LogP contribution < -0.4 is 5.32 Å². The lowest BCUT2D eigenvalue weighted by Crippen LogP contribution is -2.17. The van der Waals surface area contributed by atoms with Gasteiger partial charge in [0.25, 0.3) is 5.92 Å². The van der Waals surface area contributed by atoms with Crippen LogP contribution in [0.2, 0.25) is 0 Å². The third-order valence-corrected chi connectivity index (χ3v) is 3.66. The molecule has 3 nitrogen and oxygen atoms in total. The molecule has 0 unspecified atom stereocenters. The molecule has 1 fully saturated rings. The number of halogens is 3. The minimum atomic E-state index is -2.90. The average molecular weight is 306 g/mol. The first-order chi connectivity index (χ1) is 10.4. The maximum absolute atomic E-state index is 13.3. The summed E-state index contributed by atoms with van der Waals surface area (Å²) in [5, 5.41) is 2.48. The molecule has 0 radical (unpaired) electrons. The Hall–Kier alpha value is -2.37. The summed E-state index contributed by atoms with van der Waals surface area (Å²) in [6.07, 6.45) is 2.19. The number of aryl methyl sites for hydroxylation is 1. The van der Waals surface area contributed by atoms with Crippen LogP contribution in [0.15, 0.2) is 36.7 Å². The normalized spacial score (nSPS) is 18.8. The Morgan fingerprint density at radius 2 is 2.05 bits per heavy atom. The van der Waals surface area contributed by atoms with E-state index in [-0.39, 0.29) is 0 Å². The van der Waals surface area contributed by atoms with Crippen molar-refractivity contribution in [2.24, 2.45) is 5.92 Å². The Morgan fingerprint density at radius 1 is 1.32 bits per heavy atom. The smallest absolute Gasteiger partial charge is 0.260 e. The van der Waals surface area contributed by atoms with Gasteiger partial charge in [-0.3, -0.25) is 9.78 Å². The van der Waals surface area contributed by atoms with Gasteiger partial charge in [0.05, 0.1) is 6.20 Å². The van der Waals surface area contributed by atoms with E-state index in [1.807, 2.05) is 6.92 Å². The number of carbonyl (C=O) groups excluding carboxylic acids is 1. The predicted octanol–water partition coefficient (Wildman–Crippen LogP) is 3.79. The average Bonchev–Trinajstić information content (AvgIpc) is 3.10. The van der Waals surface area contributed by atoms with E-state index in [0.29, 0.717) is 16.8 Å². The quantitative estimate of drug-likeness (QED) is 0.937. The highest BCUT2D eigenvalue weighted by Crippen LogP contribution is 2.49. The van der Waals surface area contributed by atoms with E-state index < -0.39 is 30.0 Å². The van der Waals surface area contributed by atoms with Crippen LogP contribution >= 0.6 is 0 Å². The van der Waals surface area contributed by atoms with Gasteiger partial charge < -0.3 is 5.32 Å². The van der Waals surface area contributed by atoms with Gasteiger partial charge in [0.1, 0.15) is 11.7 Å². The number of nitrogens with one attached hydrogen (secondary N) is 1. The van der Waals surface area contributed by atoms with Crippen molar-refractivity contribution in [2.75, 3.05) is 5.32 Å². The predicted molar refractivity (Wildman–Crippen MR) is 76.1 cm³/mol. The topological polar surface area (TPSA) is 42.0 Å². The fraction of sp³-hybridized carbons (Fsp3) is 0.250. The zero-order valence-corrected chi connectivity index (χ0v) is 11.7. The van der Waals surface area contributed by atoms with Gasteiger partial charge in [0, 0.05) is 23.9 Å². The van der Waals surface area contributed by atoms with E-state index in [0.717, 1.165) is 11.8 Å². The molecule has 1 saturated carbocycles. The Bertz CT molecular complexity index is 746. The Morgan fingerprint density at radius 3 is 2.68 bits per heavy atom. The third kappa shape index (κ3) is 2.81. The van der Waals surface area contributed by atoms with Crippen LogP contribution in [0.4, 0.5) is 18.9 Å². The first-order valence-corrected chi connectivity index (χ1v) is 6.77. The molecular weight excluding hydrogens is 293 g/mol. The Labute approximate surface area is 125 Å². The lowest BCUT2D eigenvalue weighted by molar-refractivity contribution is -0.119. The molecule has 6 heteroatoms. The SMILES string of the molecule is Cc1ccc(NC(=O)[C@H]2CC2(F)F)cc1-c1cncc(F)c1. The van der Waals surface area contributed by atoms with Crippen LogP contribution in [-0.2, 0) is 4.79 Å². The van der Waals surface area contributed by atoms with Crippen molar-refractivity contribution in [2.45, 2.75) is 19.3 Å². The number of aromatic nitrogens is 1. The van der Waals surface area contributed by atoms with Crippen molar-refractivity contribution in [3.05, 3.63) is 48.0 Å². The Kier molecular flexibility index (Phi) is 3.39. The van der Waals surface area contributed by atoms with E-state index in [9.17, 15) is 18.0 Å². The number of nitrogens with zero attached hydrogens (tertiary/aromatic N) is 1. The molecule has 1 heterocycles. The van der Waals surface area contributed by atoms with Gasteiger partial charge in [-0.1, -0.05) is 6.07 Å². The highest BCUT2D eigenvalue weighted by molar-refractivity contribution is 5.96. The monoisotopic (exact) mass is 306 g/mol.